The van der Waals surface area contributed by atoms with Gasteiger partial charge < -0.3 is 15.0 Å². The van der Waals surface area contributed by atoms with Crippen molar-refractivity contribution in [3.8, 4) is 0 Å². The monoisotopic (exact) mass is 316 g/mol. The lowest BCUT2D eigenvalue weighted by atomic mass is 9.91. The molecule has 1 unspecified atom stereocenters. The van der Waals surface area contributed by atoms with Gasteiger partial charge in [0.25, 0.3) is 5.91 Å². The number of fused-ring (bicyclic) bond motifs is 1. The lowest BCUT2D eigenvalue weighted by Gasteiger charge is -2.39. The van der Waals surface area contributed by atoms with E-state index in [9.17, 15) is 9.59 Å². The molecule has 5 nitrogen and oxygen atoms in total. The zero-order chi connectivity index (χ0) is 16.4. The lowest BCUT2D eigenvalue weighted by molar-refractivity contribution is -0.157. The van der Waals surface area contributed by atoms with Crippen LogP contribution in [0.15, 0.2) is 24.3 Å². The van der Waals surface area contributed by atoms with Crippen LogP contribution in [0, 0.1) is 0 Å². The molecule has 1 aromatic carbocycles. The molecule has 1 aromatic rings. The number of hydrogen-bond acceptors (Lipinski definition) is 3. The van der Waals surface area contributed by atoms with Crippen LogP contribution in [0.1, 0.15) is 37.8 Å². The molecule has 2 amide bonds. The first-order valence-electron chi connectivity index (χ1n) is 8.34. The molecule has 3 rings (SSSR count). The van der Waals surface area contributed by atoms with Crippen LogP contribution in [-0.4, -0.2) is 41.5 Å². The number of hydrogen-bond donors (Lipinski definition) is 1. The lowest BCUT2D eigenvalue weighted by Crippen LogP contribution is -2.57. The summed E-state index contributed by atoms with van der Waals surface area (Å²) in [5.74, 6) is -0.155. The Hall–Kier alpha value is -1.88. The quantitative estimate of drug-likeness (QED) is 0.922. The molecule has 0 radical (unpaired) electrons. The van der Waals surface area contributed by atoms with Crippen LogP contribution < -0.4 is 5.32 Å². The third-order valence-corrected chi connectivity index (χ3v) is 4.83. The van der Waals surface area contributed by atoms with Crippen molar-refractivity contribution in [3.63, 3.8) is 0 Å². The van der Waals surface area contributed by atoms with Gasteiger partial charge in [-0.2, -0.15) is 0 Å². The van der Waals surface area contributed by atoms with Gasteiger partial charge in [-0.3, -0.25) is 9.59 Å². The maximum absolute atomic E-state index is 13.1. The number of likely N-dealkylation sites (N-methyl/N-ethyl adjacent to an activating group) is 1. The van der Waals surface area contributed by atoms with Crippen LogP contribution in [-0.2, 0) is 27.3 Å². The van der Waals surface area contributed by atoms with Gasteiger partial charge in [0.15, 0.2) is 0 Å². The topological polar surface area (TPSA) is 58.6 Å². The van der Waals surface area contributed by atoms with Gasteiger partial charge in [0, 0.05) is 26.1 Å². The first-order valence-corrected chi connectivity index (χ1v) is 8.34. The summed E-state index contributed by atoms with van der Waals surface area (Å²) in [6.07, 6.45) is 2.16. The van der Waals surface area contributed by atoms with Gasteiger partial charge in [-0.25, -0.2) is 0 Å². The van der Waals surface area contributed by atoms with E-state index >= 15 is 0 Å². The van der Waals surface area contributed by atoms with Crippen molar-refractivity contribution >= 4 is 11.8 Å². The molecule has 0 aliphatic carbocycles. The highest BCUT2D eigenvalue weighted by atomic mass is 16.5. The second kappa shape index (κ2) is 6.32. The van der Waals surface area contributed by atoms with Gasteiger partial charge in [-0.15, -0.1) is 0 Å². The Morgan fingerprint density at radius 2 is 2.09 bits per heavy atom. The Kier molecular flexibility index (Phi) is 4.39. The summed E-state index contributed by atoms with van der Waals surface area (Å²) in [5.41, 5.74) is 1.46. The molecule has 0 bridgehead atoms. The molecule has 2 atom stereocenters. The van der Waals surface area contributed by atoms with Gasteiger partial charge in [-0.1, -0.05) is 24.3 Å². The number of amides is 2. The fourth-order valence-corrected chi connectivity index (χ4v) is 3.51. The molecule has 2 aliphatic heterocycles. The minimum absolute atomic E-state index is 0.0687. The number of rotatable bonds is 3. The Bertz CT molecular complexity index is 608. The number of nitrogens with zero attached hydrogens (tertiary/aromatic N) is 1. The summed E-state index contributed by atoms with van der Waals surface area (Å²) in [7, 11) is 0. The van der Waals surface area contributed by atoms with Gasteiger partial charge in [0.1, 0.15) is 11.6 Å². The Morgan fingerprint density at radius 1 is 1.35 bits per heavy atom. The number of carbonyl (C=O) groups is 2. The van der Waals surface area contributed by atoms with Crippen LogP contribution in [0.3, 0.4) is 0 Å². The molecule has 2 heterocycles. The molecule has 1 N–H and O–H groups in total. The molecule has 0 spiro atoms. The molecule has 1 fully saturated rings. The standard InChI is InChI=1S/C18H24N2O3/c1-3-19-16(21)15-11-13-7-4-5-8-14(13)12-20(15)17(22)18(2)9-6-10-23-18/h4-5,7-8,15H,3,6,9-12H2,1-2H3,(H,19,21)/t15-,18?/m1/s1. The molecule has 1 saturated heterocycles. The van der Waals surface area contributed by atoms with E-state index in [-0.39, 0.29) is 11.8 Å². The van der Waals surface area contributed by atoms with E-state index in [1.165, 1.54) is 0 Å². The van der Waals surface area contributed by atoms with E-state index in [4.69, 9.17) is 4.74 Å². The van der Waals surface area contributed by atoms with Gasteiger partial charge >= 0.3 is 0 Å². The van der Waals surface area contributed by atoms with Crippen LogP contribution in [0.5, 0.6) is 0 Å². The highest BCUT2D eigenvalue weighted by Gasteiger charge is 2.45. The zero-order valence-electron chi connectivity index (χ0n) is 13.8. The van der Waals surface area contributed by atoms with Gasteiger partial charge in [-0.05, 0) is 37.8 Å². The normalized spacial score (nSPS) is 26.7. The summed E-state index contributed by atoms with van der Waals surface area (Å²) in [6.45, 7) is 5.38. The molecule has 0 saturated carbocycles. The highest BCUT2D eigenvalue weighted by Crippen LogP contribution is 2.32. The van der Waals surface area contributed by atoms with Crippen molar-refractivity contribution in [1.82, 2.24) is 10.2 Å². The number of benzene rings is 1. The van der Waals surface area contributed by atoms with Crippen LogP contribution in [0.25, 0.3) is 0 Å². The van der Waals surface area contributed by atoms with Crippen molar-refractivity contribution in [1.29, 1.82) is 0 Å². The first kappa shape index (κ1) is 16.0. The predicted octanol–water partition coefficient (Wildman–Crippen LogP) is 1.65. The van der Waals surface area contributed by atoms with E-state index in [2.05, 4.69) is 5.32 Å². The molecule has 23 heavy (non-hydrogen) atoms. The maximum Gasteiger partial charge on any atom is 0.255 e. The van der Waals surface area contributed by atoms with Crippen molar-refractivity contribution < 1.29 is 14.3 Å². The second-order valence-corrected chi connectivity index (χ2v) is 6.50. The summed E-state index contributed by atoms with van der Waals surface area (Å²) >= 11 is 0. The van der Waals surface area contributed by atoms with E-state index in [1.54, 1.807) is 4.90 Å². The van der Waals surface area contributed by atoms with Crippen molar-refractivity contribution in [2.24, 2.45) is 0 Å². The SMILES string of the molecule is CCNC(=O)[C@H]1Cc2ccccc2CN1C(=O)C1(C)CCCO1. The smallest absolute Gasteiger partial charge is 0.255 e. The second-order valence-electron chi connectivity index (χ2n) is 6.50. The van der Waals surface area contributed by atoms with Crippen molar-refractivity contribution in [2.75, 3.05) is 13.2 Å². The average Bonchev–Trinajstić information content (AvgIpc) is 3.01. The molecular weight excluding hydrogens is 292 g/mol. The van der Waals surface area contributed by atoms with Gasteiger partial charge in [0.2, 0.25) is 5.91 Å². The van der Waals surface area contributed by atoms with Crippen LogP contribution in [0.2, 0.25) is 0 Å². The fraction of sp³-hybridized carbons (Fsp3) is 0.556. The van der Waals surface area contributed by atoms with E-state index in [0.29, 0.717) is 32.5 Å². The third-order valence-electron chi connectivity index (χ3n) is 4.83. The largest absolute Gasteiger partial charge is 0.365 e. The summed E-state index contributed by atoms with van der Waals surface area (Å²) in [5, 5.41) is 2.86. The van der Waals surface area contributed by atoms with Crippen molar-refractivity contribution in [2.45, 2.75) is 51.3 Å². The number of nitrogens with one attached hydrogen (secondary N) is 1. The minimum atomic E-state index is -0.795. The first-order chi connectivity index (χ1) is 11.0. The van der Waals surface area contributed by atoms with Crippen LogP contribution in [0.4, 0.5) is 0 Å². The fourth-order valence-electron chi connectivity index (χ4n) is 3.51. The highest BCUT2D eigenvalue weighted by molar-refractivity contribution is 5.92. The van der Waals surface area contributed by atoms with Crippen molar-refractivity contribution in [3.05, 3.63) is 35.4 Å². The van der Waals surface area contributed by atoms with Gasteiger partial charge in [0.05, 0.1) is 0 Å². The Labute approximate surface area is 137 Å². The summed E-state index contributed by atoms with van der Waals surface area (Å²) in [4.78, 5) is 27.3. The zero-order valence-corrected chi connectivity index (χ0v) is 13.8. The number of carbonyl (C=O) groups excluding carboxylic acids is 2. The van der Waals surface area contributed by atoms with E-state index in [1.807, 2.05) is 38.1 Å². The Balaban J connectivity index is 1.91. The molecular formula is C18H24N2O3. The Morgan fingerprint density at radius 3 is 2.74 bits per heavy atom. The summed E-state index contributed by atoms with van der Waals surface area (Å²) < 4.78 is 5.71. The van der Waals surface area contributed by atoms with E-state index < -0.39 is 11.6 Å². The predicted molar refractivity (Wildman–Crippen MR) is 86.8 cm³/mol. The third kappa shape index (κ3) is 2.98. The maximum atomic E-state index is 13.1. The molecule has 2 aliphatic rings. The number of ether oxygens (including phenoxy) is 1. The van der Waals surface area contributed by atoms with E-state index in [0.717, 1.165) is 17.5 Å². The van der Waals surface area contributed by atoms with Crippen LogP contribution >= 0.6 is 0 Å². The molecule has 5 heteroatoms. The molecule has 0 aromatic heterocycles. The molecule has 124 valence electrons. The minimum Gasteiger partial charge on any atom is -0.365 e. The summed E-state index contributed by atoms with van der Waals surface area (Å²) in [6, 6.07) is 7.56. The average molecular weight is 316 g/mol.